The van der Waals surface area contributed by atoms with Crippen molar-refractivity contribution in [2.75, 3.05) is 0 Å². The lowest BCUT2D eigenvalue weighted by atomic mass is 10.0. The van der Waals surface area contributed by atoms with E-state index >= 15 is 0 Å². The SMILES string of the molecule is CC(C)c1ccc(F)cc1.CC(C)c1cccc(Cl)c1.CC(C)c1ccccc1.CC(C)c1ccccc1Cl.Cc1ccc(C(C)C)cc1. The van der Waals surface area contributed by atoms with Gasteiger partial charge in [0.25, 0.3) is 0 Å². The van der Waals surface area contributed by atoms with Gasteiger partial charge in [-0.3, -0.25) is 0 Å². The maximum atomic E-state index is 12.4. The molecule has 5 aromatic rings. The van der Waals surface area contributed by atoms with Gasteiger partial charge in [0.15, 0.2) is 0 Å². The van der Waals surface area contributed by atoms with Crippen molar-refractivity contribution in [2.45, 2.75) is 106 Å². The van der Waals surface area contributed by atoms with E-state index in [-0.39, 0.29) is 5.82 Å². The van der Waals surface area contributed by atoms with Crippen LogP contribution in [0.25, 0.3) is 0 Å². The van der Waals surface area contributed by atoms with Crippen LogP contribution in [0.3, 0.4) is 0 Å². The van der Waals surface area contributed by atoms with E-state index in [2.05, 4.69) is 137 Å². The zero-order valence-electron chi connectivity index (χ0n) is 31.6. The van der Waals surface area contributed by atoms with E-state index in [0.29, 0.717) is 29.6 Å². The second-order valence-electron chi connectivity index (χ2n) is 13.7. The van der Waals surface area contributed by atoms with Crippen LogP contribution in [-0.2, 0) is 0 Å². The topological polar surface area (TPSA) is 0 Å². The highest BCUT2D eigenvalue weighted by Crippen LogP contribution is 2.23. The summed E-state index contributed by atoms with van der Waals surface area (Å²) in [6, 6.07) is 41.8. The highest BCUT2D eigenvalue weighted by atomic mass is 35.5. The third-order valence-electron chi connectivity index (χ3n) is 7.79. The summed E-state index contributed by atoms with van der Waals surface area (Å²) in [6.45, 7) is 23.7. The molecule has 0 radical (unpaired) electrons. The third-order valence-corrected chi connectivity index (χ3v) is 8.37. The molecule has 0 saturated carbocycles. The lowest BCUT2D eigenvalue weighted by Gasteiger charge is -2.05. The van der Waals surface area contributed by atoms with Crippen molar-refractivity contribution in [3.63, 3.8) is 0 Å². The molecular formula is C46H59Cl2F. The lowest BCUT2D eigenvalue weighted by Crippen LogP contribution is -1.86. The molecule has 0 N–H and O–H groups in total. The van der Waals surface area contributed by atoms with Crippen LogP contribution in [0.2, 0.25) is 10.0 Å². The minimum atomic E-state index is -0.163. The molecule has 0 atom stereocenters. The average Bonchev–Trinajstić information content (AvgIpc) is 3.07. The third kappa shape index (κ3) is 18.8. The highest BCUT2D eigenvalue weighted by molar-refractivity contribution is 6.31. The van der Waals surface area contributed by atoms with Gasteiger partial charge >= 0.3 is 0 Å². The van der Waals surface area contributed by atoms with E-state index in [4.69, 9.17) is 23.2 Å². The van der Waals surface area contributed by atoms with Gasteiger partial charge in [0.2, 0.25) is 0 Å². The molecule has 0 nitrogen and oxygen atoms in total. The first kappa shape index (κ1) is 43.6. The number of halogens is 3. The Kier molecular flexibility index (Phi) is 21.3. The Labute approximate surface area is 308 Å². The molecule has 0 fully saturated rings. The molecule has 3 heteroatoms. The standard InChI is InChI=1S/C10H14.2C9H11Cl.C9H11F.C9H12/c1-8(2)10-6-4-9(3)5-7-10;1-7(2)8-4-3-5-9(10)6-8;1-7(2)8-5-3-4-6-9(8)10;1-7(2)8-3-5-9(10)6-4-8;1-8(2)9-6-4-3-5-7-9/h4-8H,1-3H3;3*3-7H,1-2H3;3-8H,1-2H3. The number of rotatable bonds is 5. The van der Waals surface area contributed by atoms with Crippen molar-refractivity contribution in [1.82, 2.24) is 0 Å². The van der Waals surface area contributed by atoms with Crippen LogP contribution in [0.15, 0.2) is 127 Å². The molecule has 0 aliphatic carbocycles. The minimum absolute atomic E-state index is 0.163. The molecule has 0 aromatic heterocycles. The van der Waals surface area contributed by atoms with Crippen LogP contribution in [0.1, 0.15) is 132 Å². The van der Waals surface area contributed by atoms with Crippen molar-refractivity contribution >= 4 is 23.2 Å². The van der Waals surface area contributed by atoms with E-state index in [0.717, 1.165) is 10.0 Å². The van der Waals surface area contributed by atoms with Crippen molar-refractivity contribution in [1.29, 1.82) is 0 Å². The highest BCUT2D eigenvalue weighted by Gasteiger charge is 2.02. The summed E-state index contributed by atoms with van der Waals surface area (Å²) in [5.41, 5.74) is 7.88. The normalized spacial score (nSPS) is 10.3. The molecule has 5 rings (SSSR count). The van der Waals surface area contributed by atoms with E-state index in [1.165, 1.54) is 45.5 Å². The van der Waals surface area contributed by atoms with E-state index in [1.54, 1.807) is 0 Å². The smallest absolute Gasteiger partial charge is 0.123 e. The Morgan fingerprint density at radius 1 is 0.408 bits per heavy atom. The average molecular weight is 702 g/mol. The van der Waals surface area contributed by atoms with E-state index < -0.39 is 0 Å². The molecule has 0 bridgehead atoms. The molecule has 0 heterocycles. The van der Waals surface area contributed by atoms with Gasteiger partial charge in [0.1, 0.15) is 5.82 Å². The summed E-state index contributed by atoms with van der Waals surface area (Å²) in [7, 11) is 0. The van der Waals surface area contributed by atoms with Gasteiger partial charge in [0, 0.05) is 10.0 Å². The molecule has 0 aliphatic heterocycles. The second kappa shape index (κ2) is 23.9. The van der Waals surface area contributed by atoms with Crippen molar-refractivity contribution < 1.29 is 4.39 Å². The molecule has 5 aromatic carbocycles. The van der Waals surface area contributed by atoms with Crippen LogP contribution in [0, 0.1) is 12.7 Å². The molecule has 0 amide bonds. The molecular weight excluding hydrogens is 642 g/mol. The fraction of sp³-hybridized carbons (Fsp3) is 0.348. The quantitative estimate of drug-likeness (QED) is 0.171. The van der Waals surface area contributed by atoms with Crippen molar-refractivity contribution in [3.8, 4) is 0 Å². The van der Waals surface area contributed by atoms with E-state index in [1.807, 2.05) is 54.6 Å². The van der Waals surface area contributed by atoms with Gasteiger partial charge in [-0.05, 0) is 94.7 Å². The van der Waals surface area contributed by atoms with E-state index in [9.17, 15) is 4.39 Å². The number of aryl methyl sites for hydroxylation is 1. The van der Waals surface area contributed by atoms with Gasteiger partial charge in [-0.1, -0.05) is 195 Å². The Hall–Kier alpha value is -3.39. The summed E-state index contributed by atoms with van der Waals surface area (Å²) in [6.07, 6.45) is 0. The Balaban J connectivity index is 0.000000306. The van der Waals surface area contributed by atoms with Crippen LogP contribution >= 0.6 is 23.2 Å². The number of hydrogen-bond acceptors (Lipinski definition) is 0. The number of hydrogen-bond donors (Lipinski definition) is 0. The lowest BCUT2D eigenvalue weighted by molar-refractivity contribution is 0.626. The maximum absolute atomic E-state index is 12.4. The minimum Gasteiger partial charge on any atom is -0.207 e. The first-order chi connectivity index (χ1) is 23.1. The predicted molar refractivity (Wildman–Crippen MR) is 217 cm³/mol. The van der Waals surface area contributed by atoms with Gasteiger partial charge in [-0.15, -0.1) is 0 Å². The fourth-order valence-electron chi connectivity index (χ4n) is 4.45. The summed E-state index contributed by atoms with van der Waals surface area (Å²) < 4.78 is 12.4. The molecule has 49 heavy (non-hydrogen) atoms. The van der Waals surface area contributed by atoms with Crippen LogP contribution < -0.4 is 0 Å². The zero-order chi connectivity index (χ0) is 36.9. The van der Waals surface area contributed by atoms with Crippen molar-refractivity contribution in [3.05, 3.63) is 177 Å². The summed E-state index contributed by atoms with van der Waals surface area (Å²) in [5.74, 6) is 2.73. The van der Waals surface area contributed by atoms with Crippen molar-refractivity contribution in [2.24, 2.45) is 0 Å². The molecule has 264 valence electrons. The molecule has 0 spiro atoms. The molecule has 0 saturated heterocycles. The largest absolute Gasteiger partial charge is 0.207 e. The molecule has 0 unspecified atom stereocenters. The Morgan fingerprint density at radius 3 is 1.18 bits per heavy atom. The Morgan fingerprint density at radius 2 is 0.816 bits per heavy atom. The Bertz CT molecular complexity index is 1500. The predicted octanol–water partition coefficient (Wildman–Crippen LogP) is 15.8. The summed E-state index contributed by atoms with van der Waals surface area (Å²) in [4.78, 5) is 0. The van der Waals surface area contributed by atoms with Gasteiger partial charge in [-0.2, -0.15) is 0 Å². The van der Waals surface area contributed by atoms with Crippen LogP contribution in [0.5, 0.6) is 0 Å². The van der Waals surface area contributed by atoms with Crippen LogP contribution in [0.4, 0.5) is 4.39 Å². The molecule has 0 aliphatic rings. The van der Waals surface area contributed by atoms with Crippen LogP contribution in [-0.4, -0.2) is 0 Å². The zero-order valence-corrected chi connectivity index (χ0v) is 33.2. The van der Waals surface area contributed by atoms with Gasteiger partial charge < -0.3 is 0 Å². The first-order valence-corrected chi connectivity index (χ1v) is 18.2. The second-order valence-corrected chi connectivity index (χ2v) is 14.6. The summed E-state index contributed by atoms with van der Waals surface area (Å²) >= 11 is 11.7. The monoisotopic (exact) mass is 700 g/mol. The van der Waals surface area contributed by atoms with Gasteiger partial charge in [-0.25, -0.2) is 4.39 Å². The maximum Gasteiger partial charge on any atom is 0.123 e. The number of benzene rings is 5. The fourth-order valence-corrected chi connectivity index (χ4v) is 5.00. The summed E-state index contributed by atoms with van der Waals surface area (Å²) in [5, 5.41) is 1.70. The van der Waals surface area contributed by atoms with Gasteiger partial charge in [0.05, 0.1) is 0 Å². The first-order valence-electron chi connectivity index (χ1n) is 17.5.